The molecular formula is C24H26N6O4. The van der Waals surface area contributed by atoms with Crippen LogP contribution in [0.4, 0.5) is 0 Å². The normalized spacial score (nSPS) is 21.9. The molecule has 0 spiro atoms. The molecule has 0 saturated carbocycles. The van der Waals surface area contributed by atoms with Gasteiger partial charge in [-0.15, -0.1) is 10.2 Å². The largest absolute Gasteiger partial charge is 0.507 e. The zero-order valence-corrected chi connectivity index (χ0v) is 19.0. The third-order valence-corrected chi connectivity index (χ3v) is 6.82. The van der Waals surface area contributed by atoms with Crippen LogP contribution in [0.25, 0.3) is 28.4 Å². The average Bonchev–Trinajstić information content (AvgIpc) is 3.18. The van der Waals surface area contributed by atoms with Gasteiger partial charge in [0, 0.05) is 43.9 Å². The molecule has 2 fully saturated rings. The molecule has 2 bridgehead atoms. The summed E-state index contributed by atoms with van der Waals surface area (Å²) in [5, 5.41) is 25.5. The Morgan fingerprint density at radius 3 is 2.59 bits per heavy atom. The van der Waals surface area contributed by atoms with Crippen molar-refractivity contribution in [3.63, 3.8) is 0 Å². The first kappa shape index (κ1) is 22.0. The zero-order valence-electron chi connectivity index (χ0n) is 19.0. The van der Waals surface area contributed by atoms with Gasteiger partial charge < -0.3 is 15.7 Å². The first-order valence-electron chi connectivity index (χ1n) is 11.3. The van der Waals surface area contributed by atoms with Crippen molar-refractivity contribution < 1.29 is 9.90 Å². The number of benzene rings is 1. The molecule has 0 aliphatic carbocycles. The first-order chi connectivity index (χ1) is 16.4. The van der Waals surface area contributed by atoms with Crippen LogP contribution in [-0.4, -0.2) is 49.5 Å². The minimum Gasteiger partial charge on any atom is -0.507 e. The Labute approximate surface area is 194 Å². The fourth-order valence-corrected chi connectivity index (χ4v) is 5.06. The number of hydrogen-bond acceptors (Lipinski definition) is 7. The van der Waals surface area contributed by atoms with E-state index in [0.717, 1.165) is 30.3 Å². The molecular weight excluding hydrogens is 436 g/mol. The lowest BCUT2D eigenvalue weighted by molar-refractivity contribution is -0.115. The third-order valence-electron chi connectivity index (χ3n) is 6.82. The fraction of sp³-hybridized carbons (Fsp3) is 0.375. The quantitative estimate of drug-likeness (QED) is 0.495. The number of hydrogen-bond donors (Lipinski definition) is 3. The highest BCUT2D eigenvalue weighted by Crippen LogP contribution is 2.35. The highest BCUT2D eigenvalue weighted by molar-refractivity contribution is 5.91. The monoisotopic (exact) mass is 462 g/mol. The predicted octanol–water partition coefficient (Wildman–Crippen LogP) is 1.08. The molecule has 2 aromatic heterocycles. The van der Waals surface area contributed by atoms with Gasteiger partial charge >= 0.3 is 5.69 Å². The molecule has 3 aromatic rings. The Morgan fingerprint density at radius 2 is 1.91 bits per heavy atom. The lowest BCUT2D eigenvalue weighted by Gasteiger charge is -2.30. The molecule has 2 aliphatic heterocycles. The van der Waals surface area contributed by atoms with Gasteiger partial charge in [0.1, 0.15) is 5.75 Å². The van der Waals surface area contributed by atoms with Crippen LogP contribution in [0.15, 0.2) is 39.9 Å². The lowest BCUT2D eigenvalue weighted by atomic mass is 9.99. The van der Waals surface area contributed by atoms with Gasteiger partial charge in [-0.3, -0.25) is 18.7 Å². The summed E-state index contributed by atoms with van der Waals surface area (Å²) in [4.78, 5) is 37.5. The second kappa shape index (κ2) is 8.53. The van der Waals surface area contributed by atoms with Crippen molar-refractivity contribution in [1.82, 2.24) is 30.0 Å². The Balaban J connectivity index is 1.58. The molecule has 2 aliphatic rings. The Hall–Kier alpha value is -3.79. The summed E-state index contributed by atoms with van der Waals surface area (Å²) >= 11 is 0. The fourth-order valence-electron chi connectivity index (χ4n) is 5.06. The number of aromatic nitrogens is 4. The molecule has 0 radical (unpaired) electrons. The van der Waals surface area contributed by atoms with E-state index in [1.807, 2.05) is 0 Å². The summed E-state index contributed by atoms with van der Waals surface area (Å²) in [6.07, 6.45) is 6.72. The van der Waals surface area contributed by atoms with E-state index in [9.17, 15) is 19.5 Å². The van der Waals surface area contributed by atoms with Crippen molar-refractivity contribution in [3.8, 4) is 17.0 Å². The molecule has 5 rings (SSSR count). The maximum atomic E-state index is 13.1. The van der Waals surface area contributed by atoms with Gasteiger partial charge in [-0.1, -0.05) is 6.07 Å². The van der Waals surface area contributed by atoms with E-state index >= 15 is 0 Å². The van der Waals surface area contributed by atoms with E-state index in [1.165, 1.54) is 26.2 Å². The molecule has 34 heavy (non-hydrogen) atoms. The van der Waals surface area contributed by atoms with Gasteiger partial charge in [-0.25, -0.2) is 4.79 Å². The van der Waals surface area contributed by atoms with Gasteiger partial charge in [0.2, 0.25) is 5.91 Å². The second-order valence-electron chi connectivity index (χ2n) is 8.97. The number of likely N-dealkylation sites (N-methyl/N-ethyl adjacent to an activating group) is 1. The Kier molecular flexibility index (Phi) is 5.52. The van der Waals surface area contributed by atoms with Crippen molar-refractivity contribution in [2.45, 2.75) is 43.8 Å². The number of nitrogens with zero attached hydrogens (tertiary/aromatic N) is 4. The molecule has 1 amide bonds. The number of nitrogens with one attached hydrogen (secondary N) is 2. The minimum absolute atomic E-state index is 0.0551. The van der Waals surface area contributed by atoms with Gasteiger partial charge in [-0.05, 0) is 55.5 Å². The summed E-state index contributed by atoms with van der Waals surface area (Å²) in [6.45, 7) is 0. The molecule has 1 unspecified atom stereocenters. The van der Waals surface area contributed by atoms with Crippen molar-refractivity contribution >= 4 is 23.0 Å². The molecule has 4 heterocycles. The predicted molar refractivity (Wildman–Crippen MR) is 127 cm³/mol. The van der Waals surface area contributed by atoms with E-state index < -0.39 is 5.56 Å². The van der Waals surface area contributed by atoms with Crippen molar-refractivity contribution in [2.24, 2.45) is 7.05 Å². The van der Waals surface area contributed by atoms with Gasteiger partial charge in [0.25, 0.3) is 5.56 Å². The maximum Gasteiger partial charge on any atom is 0.332 e. The van der Waals surface area contributed by atoms with Gasteiger partial charge in [0.15, 0.2) is 5.65 Å². The smallest absolute Gasteiger partial charge is 0.332 e. The minimum atomic E-state index is -0.450. The molecule has 1 aromatic carbocycles. The number of amides is 1. The Bertz CT molecular complexity index is 1430. The zero-order chi connectivity index (χ0) is 24.0. The Morgan fingerprint density at radius 1 is 1.18 bits per heavy atom. The maximum absolute atomic E-state index is 13.1. The molecule has 3 atom stereocenters. The summed E-state index contributed by atoms with van der Waals surface area (Å²) in [5.41, 5.74) is 0.775. The van der Waals surface area contributed by atoms with Crippen LogP contribution in [0.2, 0.25) is 0 Å². The second-order valence-corrected chi connectivity index (χ2v) is 8.97. The molecule has 10 heteroatoms. The van der Waals surface area contributed by atoms with Crippen LogP contribution in [-0.2, 0) is 11.8 Å². The number of aromatic hydroxyl groups is 1. The van der Waals surface area contributed by atoms with E-state index in [4.69, 9.17) is 0 Å². The lowest BCUT2D eigenvalue weighted by Crippen LogP contribution is -2.45. The highest BCUT2D eigenvalue weighted by Gasteiger charge is 2.36. The number of carbonyl (C=O) groups is 1. The summed E-state index contributed by atoms with van der Waals surface area (Å²) in [6, 6.07) is 7.13. The summed E-state index contributed by atoms with van der Waals surface area (Å²) in [7, 11) is 3.01. The van der Waals surface area contributed by atoms with Gasteiger partial charge in [0.05, 0.1) is 11.1 Å². The number of rotatable bonds is 4. The van der Waals surface area contributed by atoms with Crippen LogP contribution < -0.4 is 21.9 Å². The molecule has 176 valence electrons. The average molecular weight is 463 g/mol. The van der Waals surface area contributed by atoms with Crippen LogP contribution in [0.1, 0.15) is 37.3 Å². The van der Waals surface area contributed by atoms with Crippen LogP contribution >= 0.6 is 0 Å². The topological polar surface area (TPSA) is 131 Å². The summed E-state index contributed by atoms with van der Waals surface area (Å²) in [5.74, 6) is -0.319. The van der Waals surface area contributed by atoms with E-state index in [0.29, 0.717) is 28.9 Å². The SMILES string of the molecule is CNC(=O)/C=C/c1ccc(-c2cc3c(=O)n(C)c(=O)n(C4C[C@H]5CC[C@@H](C4)N5)c3nn2)c(O)c1. The molecule has 3 N–H and O–H groups in total. The van der Waals surface area contributed by atoms with Crippen LogP contribution in [0, 0.1) is 0 Å². The number of fused-ring (bicyclic) bond motifs is 3. The molecule has 2 saturated heterocycles. The number of phenols is 1. The van der Waals surface area contributed by atoms with E-state index in [2.05, 4.69) is 20.8 Å². The highest BCUT2D eigenvalue weighted by atomic mass is 16.3. The van der Waals surface area contributed by atoms with Crippen LogP contribution in [0.3, 0.4) is 0 Å². The van der Waals surface area contributed by atoms with E-state index in [-0.39, 0.29) is 34.4 Å². The third kappa shape index (κ3) is 3.79. The summed E-state index contributed by atoms with van der Waals surface area (Å²) < 4.78 is 2.73. The van der Waals surface area contributed by atoms with Crippen molar-refractivity contribution in [3.05, 3.63) is 56.7 Å². The standard InChI is InChI=1S/C24H26N6O4/c1-25-21(32)8-4-13-3-7-17(20(31)9-13)19-12-18-22(28-27-19)30(24(34)29(2)23(18)33)16-10-14-5-6-15(11-16)26-14/h3-4,7-9,12,14-16,26,31H,5-6,10-11H2,1-2H3,(H,25,32)/b8-4+/t14-,15+,16?. The van der Waals surface area contributed by atoms with Crippen LogP contribution in [0.5, 0.6) is 5.75 Å². The number of carbonyl (C=O) groups excluding carboxylic acids is 1. The van der Waals surface area contributed by atoms with Gasteiger partial charge in [-0.2, -0.15) is 0 Å². The number of piperidine rings is 1. The van der Waals surface area contributed by atoms with Crippen molar-refractivity contribution in [1.29, 1.82) is 0 Å². The van der Waals surface area contributed by atoms with E-state index in [1.54, 1.807) is 28.8 Å². The van der Waals surface area contributed by atoms with Crippen molar-refractivity contribution in [2.75, 3.05) is 7.05 Å². The number of phenolic OH excluding ortho intramolecular Hbond substituents is 1. The first-order valence-corrected chi connectivity index (χ1v) is 11.3. The molecule has 10 nitrogen and oxygen atoms in total.